The molecule has 1 heterocycles. The van der Waals surface area contributed by atoms with E-state index in [0.717, 1.165) is 5.56 Å². The first-order valence-electron chi connectivity index (χ1n) is 8.17. The molecule has 1 aromatic carbocycles. The Labute approximate surface area is 155 Å². The van der Waals surface area contributed by atoms with E-state index in [2.05, 4.69) is 20.8 Å². The van der Waals surface area contributed by atoms with E-state index in [1.807, 2.05) is 6.92 Å². The zero-order chi connectivity index (χ0) is 18.9. The van der Waals surface area contributed by atoms with Crippen LogP contribution < -0.4 is 15.4 Å². The van der Waals surface area contributed by atoms with Crippen LogP contribution >= 0.6 is 11.3 Å². The first-order valence-corrected chi connectivity index (χ1v) is 8.99. The van der Waals surface area contributed by atoms with E-state index in [0.29, 0.717) is 35.2 Å². The molecule has 1 atom stereocenters. The highest BCUT2D eigenvalue weighted by atomic mass is 32.1. The summed E-state index contributed by atoms with van der Waals surface area (Å²) in [6, 6.07) is 6.16. The molecule has 0 aliphatic rings. The lowest BCUT2D eigenvalue weighted by Gasteiger charge is -2.16. The van der Waals surface area contributed by atoms with Gasteiger partial charge in [0.1, 0.15) is 21.8 Å². The number of hydrogen-bond donors (Lipinski definition) is 2. The maximum atomic E-state index is 12.2. The molecule has 2 N–H and O–H groups in total. The molecule has 26 heavy (non-hydrogen) atoms. The van der Waals surface area contributed by atoms with Crippen molar-refractivity contribution in [2.75, 3.05) is 6.54 Å². The predicted molar refractivity (Wildman–Crippen MR) is 96.6 cm³/mol. The van der Waals surface area contributed by atoms with Crippen LogP contribution in [0.3, 0.4) is 0 Å². The molecule has 138 valence electrons. The number of carbonyl (C=O) groups is 3. The van der Waals surface area contributed by atoms with Gasteiger partial charge in [0.05, 0.1) is 0 Å². The molecule has 0 spiro atoms. The maximum Gasteiger partial charge on any atom is 0.298 e. The van der Waals surface area contributed by atoms with E-state index in [9.17, 15) is 14.4 Å². The maximum absolute atomic E-state index is 12.2. The fourth-order valence-corrected chi connectivity index (χ4v) is 3.05. The third-order valence-electron chi connectivity index (χ3n) is 3.45. The topological polar surface area (TPSA) is 110 Å². The van der Waals surface area contributed by atoms with Crippen molar-refractivity contribution in [2.45, 2.75) is 32.7 Å². The summed E-state index contributed by atoms with van der Waals surface area (Å²) in [5.41, 5.74) is 0.819. The largest absolute Gasteiger partial charge is 0.429 e. The smallest absolute Gasteiger partial charge is 0.298 e. The van der Waals surface area contributed by atoms with E-state index >= 15 is 0 Å². The summed E-state index contributed by atoms with van der Waals surface area (Å²) in [7, 11) is 0. The van der Waals surface area contributed by atoms with Crippen LogP contribution in [0.5, 0.6) is 5.75 Å². The minimum atomic E-state index is -0.688. The highest BCUT2D eigenvalue weighted by molar-refractivity contribution is 7.14. The van der Waals surface area contributed by atoms with Gasteiger partial charge < -0.3 is 15.4 Å². The minimum Gasteiger partial charge on any atom is -0.429 e. The summed E-state index contributed by atoms with van der Waals surface area (Å²) in [5.74, 6) is -0.00904. The second kappa shape index (κ2) is 9.62. The molecule has 0 radical (unpaired) electrons. The number of aromatic nitrogens is 2. The van der Waals surface area contributed by atoms with Crippen molar-refractivity contribution in [3.63, 3.8) is 0 Å². The molecular weight excluding hydrogens is 356 g/mol. The average molecular weight is 376 g/mol. The lowest BCUT2D eigenvalue weighted by Crippen LogP contribution is -2.47. The van der Waals surface area contributed by atoms with Crippen LogP contribution in [0.15, 0.2) is 24.3 Å². The Kier molecular flexibility index (Phi) is 7.22. The van der Waals surface area contributed by atoms with E-state index < -0.39 is 6.04 Å². The molecule has 8 nitrogen and oxygen atoms in total. The summed E-state index contributed by atoms with van der Waals surface area (Å²) in [5, 5.41) is 15.0. The molecule has 2 aromatic rings. The summed E-state index contributed by atoms with van der Waals surface area (Å²) in [6.45, 7) is 4.39. The molecule has 0 saturated heterocycles. The number of ether oxygens (including phenoxy) is 1. The van der Waals surface area contributed by atoms with Gasteiger partial charge >= 0.3 is 0 Å². The van der Waals surface area contributed by atoms with Gasteiger partial charge in [-0.2, -0.15) is 0 Å². The Morgan fingerprint density at radius 2 is 1.96 bits per heavy atom. The number of carbonyl (C=O) groups excluding carboxylic acids is 3. The molecule has 2 amide bonds. The highest BCUT2D eigenvalue weighted by Gasteiger charge is 2.22. The van der Waals surface area contributed by atoms with Crippen molar-refractivity contribution in [3.8, 4) is 16.3 Å². The number of benzene rings is 1. The van der Waals surface area contributed by atoms with Crippen molar-refractivity contribution in [1.82, 2.24) is 20.8 Å². The van der Waals surface area contributed by atoms with Crippen LogP contribution in [0.2, 0.25) is 0 Å². The number of likely N-dealkylation sites (N-methyl/N-ethyl adjacent to an activating group) is 1. The number of nitrogens with one attached hydrogen (secondary N) is 2. The first-order chi connectivity index (χ1) is 12.6. The minimum absolute atomic E-state index is 0.197. The lowest BCUT2D eigenvalue weighted by atomic mass is 10.2. The van der Waals surface area contributed by atoms with Gasteiger partial charge in [0.25, 0.3) is 6.47 Å². The third-order valence-corrected chi connectivity index (χ3v) is 4.45. The zero-order valence-electron chi connectivity index (χ0n) is 14.5. The van der Waals surface area contributed by atoms with Crippen LogP contribution in [0.25, 0.3) is 10.6 Å². The number of hydrogen-bond acceptors (Lipinski definition) is 7. The van der Waals surface area contributed by atoms with Crippen LogP contribution in [0.4, 0.5) is 0 Å². The van der Waals surface area contributed by atoms with Gasteiger partial charge in [-0.1, -0.05) is 18.3 Å². The fourth-order valence-electron chi connectivity index (χ4n) is 2.16. The zero-order valence-corrected chi connectivity index (χ0v) is 15.3. The molecule has 0 fully saturated rings. The molecule has 0 bridgehead atoms. The Morgan fingerprint density at radius 3 is 2.58 bits per heavy atom. The van der Waals surface area contributed by atoms with Crippen LogP contribution in [-0.4, -0.2) is 41.1 Å². The van der Waals surface area contributed by atoms with Crippen molar-refractivity contribution < 1.29 is 19.1 Å². The van der Waals surface area contributed by atoms with Gasteiger partial charge in [0.2, 0.25) is 11.8 Å². The fraction of sp³-hybridized carbons (Fsp3) is 0.353. The lowest BCUT2D eigenvalue weighted by molar-refractivity contribution is -0.128. The molecule has 1 aromatic heterocycles. The van der Waals surface area contributed by atoms with Crippen molar-refractivity contribution in [1.29, 1.82) is 0 Å². The SMILES string of the molecule is CCNC(=O)[C@H](Cc1nnc(-c2ccc(OC=O)cc2)s1)NC(=O)CC. The van der Waals surface area contributed by atoms with Crippen molar-refractivity contribution in [3.05, 3.63) is 29.3 Å². The Hall–Kier alpha value is -2.81. The second-order valence-electron chi connectivity index (χ2n) is 5.31. The van der Waals surface area contributed by atoms with Crippen molar-refractivity contribution >= 4 is 29.6 Å². The quantitative estimate of drug-likeness (QED) is 0.639. The van der Waals surface area contributed by atoms with E-state index in [1.54, 1.807) is 31.2 Å². The van der Waals surface area contributed by atoms with Gasteiger partial charge in [-0.3, -0.25) is 14.4 Å². The standard InChI is InChI=1S/C17H20N4O4S/c1-3-14(23)19-13(16(24)18-4-2)9-15-20-21-17(26-15)11-5-7-12(8-6-11)25-10-22/h5-8,10,13H,3-4,9H2,1-2H3,(H,18,24)(H,19,23)/t13-/m0/s1. The normalized spacial score (nSPS) is 11.5. The Bertz CT molecular complexity index is 760. The summed E-state index contributed by atoms with van der Waals surface area (Å²) < 4.78 is 4.75. The Balaban J connectivity index is 2.11. The summed E-state index contributed by atoms with van der Waals surface area (Å²) >= 11 is 1.34. The Morgan fingerprint density at radius 1 is 1.23 bits per heavy atom. The molecule has 2 rings (SSSR count). The first kappa shape index (κ1) is 19.5. The van der Waals surface area contributed by atoms with Crippen molar-refractivity contribution in [2.24, 2.45) is 0 Å². The molecule has 0 aliphatic heterocycles. The monoisotopic (exact) mass is 376 g/mol. The second-order valence-corrected chi connectivity index (χ2v) is 6.37. The molecule has 9 heteroatoms. The van der Waals surface area contributed by atoms with Gasteiger partial charge in [-0.15, -0.1) is 10.2 Å². The van der Waals surface area contributed by atoms with Gasteiger partial charge in [0, 0.05) is 24.9 Å². The highest BCUT2D eigenvalue weighted by Crippen LogP contribution is 2.26. The predicted octanol–water partition coefficient (Wildman–Crippen LogP) is 1.31. The van der Waals surface area contributed by atoms with Gasteiger partial charge in [-0.05, 0) is 31.2 Å². The summed E-state index contributed by atoms with van der Waals surface area (Å²) in [6.07, 6.45) is 0.564. The molecular formula is C17H20N4O4S. The number of amides is 2. The van der Waals surface area contributed by atoms with Crippen LogP contribution in [0, 0.1) is 0 Å². The number of rotatable bonds is 9. The van der Waals surface area contributed by atoms with E-state index in [1.165, 1.54) is 11.3 Å². The van der Waals surface area contributed by atoms with Gasteiger partial charge in [-0.25, -0.2) is 0 Å². The third kappa shape index (κ3) is 5.35. The van der Waals surface area contributed by atoms with E-state index in [4.69, 9.17) is 4.74 Å². The number of nitrogens with zero attached hydrogens (tertiary/aromatic N) is 2. The molecule has 0 aliphatic carbocycles. The van der Waals surface area contributed by atoms with Gasteiger partial charge in [0.15, 0.2) is 0 Å². The van der Waals surface area contributed by atoms with E-state index in [-0.39, 0.29) is 18.2 Å². The molecule has 0 unspecified atom stereocenters. The average Bonchev–Trinajstić information content (AvgIpc) is 3.10. The summed E-state index contributed by atoms with van der Waals surface area (Å²) in [4.78, 5) is 34.2. The van der Waals surface area contributed by atoms with Crippen LogP contribution in [-0.2, 0) is 20.8 Å². The molecule has 0 saturated carbocycles. The van der Waals surface area contributed by atoms with Crippen LogP contribution in [0.1, 0.15) is 25.3 Å².